The van der Waals surface area contributed by atoms with Crippen molar-refractivity contribution in [1.29, 1.82) is 0 Å². The minimum Gasteiger partial charge on any atom is -0.374 e. The van der Waals surface area contributed by atoms with Gasteiger partial charge >= 0.3 is 7.60 Å². The molecule has 1 aromatic heterocycles. The number of ether oxygens (including phenoxy) is 2. The van der Waals surface area contributed by atoms with Crippen LogP contribution in [0.3, 0.4) is 0 Å². The van der Waals surface area contributed by atoms with Gasteiger partial charge < -0.3 is 37.8 Å². The highest BCUT2D eigenvalue weighted by Crippen LogP contribution is 2.56. The zero-order valence-electron chi connectivity index (χ0n) is 31.3. The molecule has 3 aliphatic heterocycles. The molecule has 3 aliphatic rings. The van der Waals surface area contributed by atoms with E-state index in [1.807, 2.05) is 0 Å². The first-order chi connectivity index (χ1) is 25.5. The minimum absolute atomic E-state index is 0.115. The number of carbonyl (C=O) groups excluding carboxylic acids is 1. The predicted molar refractivity (Wildman–Crippen MR) is 207 cm³/mol. The van der Waals surface area contributed by atoms with Gasteiger partial charge in [-0.05, 0) is 66.8 Å². The SMILES string of the molecule is C=C1NC(=O)C=CN1C1OC(Cn2cc(P(=O)(OCC)OCC)nn2)C(OP2OCCN2CCC)C1OC.CS(C)(c1ccccc1)c1ccccc1. The number of carbonyl (C=O) groups is 1. The van der Waals surface area contributed by atoms with E-state index in [9.17, 15) is 9.36 Å². The summed E-state index contributed by atoms with van der Waals surface area (Å²) in [5.41, 5.74) is 0.115. The average molecular weight is 791 g/mol. The van der Waals surface area contributed by atoms with Gasteiger partial charge in [-0.2, -0.15) is 10.0 Å². The Hall–Kier alpha value is -2.94. The molecule has 3 aromatic rings. The first kappa shape index (κ1) is 41.2. The Morgan fingerprint density at radius 1 is 1.02 bits per heavy atom. The van der Waals surface area contributed by atoms with Crippen molar-refractivity contribution >= 4 is 37.5 Å². The number of amides is 1. The normalized spacial score (nSPS) is 23.9. The molecule has 4 heterocycles. The van der Waals surface area contributed by atoms with Crippen molar-refractivity contribution in [2.75, 3.05) is 52.5 Å². The number of aromatic nitrogens is 3. The third-order valence-electron chi connectivity index (χ3n) is 8.71. The van der Waals surface area contributed by atoms with Gasteiger partial charge in [0.15, 0.2) is 11.7 Å². The topological polar surface area (TPSA) is 139 Å². The molecule has 0 spiro atoms. The quantitative estimate of drug-likeness (QED) is 0.185. The molecule has 1 N–H and O–H groups in total. The van der Waals surface area contributed by atoms with Crippen LogP contribution in [0.4, 0.5) is 0 Å². The zero-order chi connectivity index (χ0) is 38.0. The first-order valence-electron chi connectivity index (χ1n) is 17.7. The lowest BCUT2D eigenvalue weighted by molar-refractivity contribution is -0.118. The van der Waals surface area contributed by atoms with E-state index in [4.69, 9.17) is 27.6 Å². The predicted octanol–water partition coefficient (Wildman–Crippen LogP) is 5.85. The third kappa shape index (κ3) is 10.0. The van der Waals surface area contributed by atoms with Crippen LogP contribution in [-0.4, -0.2) is 108 Å². The van der Waals surface area contributed by atoms with Crippen LogP contribution in [0.15, 0.2) is 101 Å². The Morgan fingerprint density at radius 3 is 2.23 bits per heavy atom. The second-order valence-corrected chi connectivity index (χ2v) is 19.7. The fourth-order valence-electron chi connectivity index (χ4n) is 6.08. The Morgan fingerprint density at radius 2 is 1.66 bits per heavy atom. The van der Waals surface area contributed by atoms with Gasteiger partial charge in [-0.15, -0.1) is 5.10 Å². The van der Waals surface area contributed by atoms with Gasteiger partial charge in [0.05, 0.1) is 32.6 Å². The number of methoxy groups -OCH3 is 1. The van der Waals surface area contributed by atoms with Gasteiger partial charge in [-0.1, -0.05) is 55.1 Å². The Bertz CT molecular complexity index is 1670. The Labute approximate surface area is 315 Å². The van der Waals surface area contributed by atoms with E-state index in [-0.39, 0.29) is 31.1 Å². The highest BCUT2D eigenvalue weighted by molar-refractivity contribution is 8.32. The second kappa shape index (κ2) is 19.1. The second-order valence-electron chi connectivity index (χ2n) is 12.6. The summed E-state index contributed by atoms with van der Waals surface area (Å²) in [6, 6.07) is 21.5. The first-order valence-corrected chi connectivity index (χ1v) is 22.8. The van der Waals surface area contributed by atoms with E-state index >= 15 is 0 Å². The van der Waals surface area contributed by atoms with E-state index in [1.165, 1.54) is 26.7 Å². The van der Waals surface area contributed by atoms with E-state index in [1.54, 1.807) is 32.1 Å². The summed E-state index contributed by atoms with van der Waals surface area (Å²) in [5.74, 6) is 0.0838. The lowest BCUT2D eigenvalue weighted by Crippen LogP contribution is -2.47. The molecule has 290 valence electrons. The van der Waals surface area contributed by atoms with Gasteiger partial charge in [-0.25, -0.2) is 9.35 Å². The molecule has 5 atom stereocenters. The van der Waals surface area contributed by atoms with Crippen molar-refractivity contribution < 1.29 is 36.9 Å². The Balaban J connectivity index is 0.000000300. The maximum atomic E-state index is 13.2. The van der Waals surface area contributed by atoms with Crippen molar-refractivity contribution in [3.8, 4) is 0 Å². The smallest absolute Gasteiger partial charge is 0.374 e. The molecule has 6 rings (SSSR count). The van der Waals surface area contributed by atoms with E-state index in [0.29, 0.717) is 12.4 Å². The van der Waals surface area contributed by atoms with E-state index in [2.05, 4.69) is 107 Å². The van der Waals surface area contributed by atoms with Gasteiger partial charge in [0.25, 0.3) is 14.4 Å². The fraction of sp³-hybridized carbons (Fsp3) is 0.472. The summed E-state index contributed by atoms with van der Waals surface area (Å²) < 4.78 is 52.5. The molecule has 5 unspecified atom stereocenters. The molecular weight excluding hydrogens is 738 g/mol. The number of benzene rings is 2. The summed E-state index contributed by atoms with van der Waals surface area (Å²) in [6.07, 6.45) is 7.84. The van der Waals surface area contributed by atoms with E-state index in [0.717, 1.165) is 19.5 Å². The van der Waals surface area contributed by atoms with Crippen LogP contribution in [-0.2, 0) is 43.5 Å². The van der Waals surface area contributed by atoms with Crippen LogP contribution in [0.1, 0.15) is 27.2 Å². The van der Waals surface area contributed by atoms with Crippen molar-refractivity contribution in [2.45, 2.75) is 68.1 Å². The molecule has 0 saturated carbocycles. The molecule has 53 heavy (non-hydrogen) atoms. The van der Waals surface area contributed by atoms with Crippen molar-refractivity contribution in [3.63, 3.8) is 0 Å². The van der Waals surface area contributed by atoms with Crippen LogP contribution in [0.25, 0.3) is 0 Å². The molecule has 0 radical (unpaired) electrons. The summed E-state index contributed by atoms with van der Waals surface area (Å²) in [5, 5.41) is 10.9. The molecule has 1 amide bonds. The van der Waals surface area contributed by atoms with Crippen molar-refractivity contribution in [1.82, 2.24) is 29.9 Å². The summed E-state index contributed by atoms with van der Waals surface area (Å²) in [7, 11) is -4.18. The number of hydrogen-bond acceptors (Lipinski definition) is 12. The lowest BCUT2D eigenvalue weighted by atomic mass is 10.1. The minimum atomic E-state index is -3.60. The summed E-state index contributed by atoms with van der Waals surface area (Å²) in [6.45, 7) is 12.3. The molecule has 2 aromatic carbocycles. The molecule has 2 fully saturated rings. The number of nitrogens with zero attached hydrogens (tertiary/aromatic N) is 5. The highest BCUT2D eigenvalue weighted by Gasteiger charge is 2.51. The number of nitrogens with one attached hydrogen (secondary N) is 1. The van der Waals surface area contributed by atoms with Gasteiger partial charge in [0.1, 0.15) is 24.1 Å². The Kier molecular flexibility index (Phi) is 14.8. The highest BCUT2D eigenvalue weighted by atomic mass is 32.3. The number of rotatable bonds is 15. The summed E-state index contributed by atoms with van der Waals surface area (Å²) >= 11 is 0. The van der Waals surface area contributed by atoms with Gasteiger partial charge in [0, 0.05) is 32.5 Å². The molecule has 2 saturated heterocycles. The summed E-state index contributed by atoms with van der Waals surface area (Å²) in [4.78, 5) is 16.4. The van der Waals surface area contributed by atoms with Crippen LogP contribution >= 0.6 is 26.2 Å². The molecule has 0 bridgehead atoms. The number of hydrogen-bond donors (Lipinski definition) is 1. The average Bonchev–Trinajstić information content (AvgIpc) is 3.90. The fourth-order valence-corrected chi connectivity index (χ4v) is 11.1. The zero-order valence-corrected chi connectivity index (χ0v) is 33.9. The van der Waals surface area contributed by atoms with Crippen LogP contribution in [0.2, 0.25) is 0 Å². The maximum absolute atomic E-state index is 13.2. The van der Waals surface area contributed by atoms with Crippen molar-refractivity contribution in [3.05, 3.63) is 91.5 Å². The largest absolute Gasteiger partial charge is 0.383 e. The van der Waals surface area contributed by atoms with Crippen molar-refractivity contribution in [2.24, 2.45) is 0 Å². The molecular formula is C36H52N6O8P2S. The molecule has 17 heteroatoms. The van der Waals surface area contributed by atoms with Gasteiger partial charge in [0.2, 0.25) is 0 Å². The van der Waals surface area contributed by atoms with Gasteiger partial charge in [-0.3, -0.25) is 9.36 Å². The lowest BCUT2D eigenvalue weighted by Gasteiger charge is -2.34. The monoisotopic (exact) mass is 790 g/mol. The van der Waals surface area contributed by atoms with Crippen LogP contribution in [0.5, 0.6) is 0 Å². The standard InChI is InChI=1S/C22H36N6O8P2.C14H16S/c1-6-10-27-12-13-32-37(27)36-20-17(14-26-15-19(24-25-26)38(30,33-7-2)34-8-3)35-22(21(20)31-5)28-11-9-18(29)23-16(28)4;1-15(2,13-9-5-3-6-10-13)14-11-7-4-8-12-14/h9,11,15,17,20-22H,4,6-8,10,12-14H2,1-3,5H3,(H,23,29);3-12H,1-2H3. The van der Waals surface area contributed by atoms with Crippen LogP contribution in [0, 0.1) is 0 Å². The maximum Gasteiger partial charge on any atom is 0.383 e. The molecule has 0 aliphatic carbocycles. The van der Waals surface area contributed by atoms with Crippen LogP contribution < -0.4 is 10.8 Å². The van der Waals surface area contributed by atoms with E-state index < -0.39 is 50.7 Å². The third-order valence-corrected chi connectivity index (χ3v) is 15.3. The molecule has 14 nitrogen and oxygen atoms in total.